The molecule has 0 spiro atoms. The molecule has 0 aliphatic rings. The van der Waals surface area contributed by atoms with E-state index in [-0.39, 0.29) is 5.60 Å². The summed E-state index contributed by atoms with van der Waals surface area (Å²) in [6, 6.07) is 0. The first-order valence-electron chi connectivity index (χ1n) is 4.20. The topological polar surface area (TPSA) is 53.8 Å². The summed E-state index contributed by atoms with van der Waals surface area (Å²) in [5, 5.41) is 8.49. The standard InChI is InChI=1S/C9H18N2O2/c1-5-8(11-12)10-6-7-13-9(2,3)4/h5,12H,1,6-7H2,2-4H3,(H,10,11). The second-order valence-electron chi connectivity index (χ2n) is 3.54. The van der Waals surface area contributed by atoms with Gasteiger partial charge in [-0.2, -0.15) is 0 Å². The van der Waals surface area contributed by atoms with Gasteiger partial charge in [-0.3, -0.25) is 15.7 Å². The first-order chi connectivity index (χ1) is 5.99. The van der Waals surface area contributed by atoms with Crippen molar-refractivity contribution in [2.24, 2.45) is 4.99 Å². The highest BCUT2D eigenvalue weighted by molar-refractivity contribution is 5.91. The number of amidine groups is 1. The van der Waals surface area contributed by atoms with Crippen molar-refractivity contribution < 1.29 is 9.94 Å². The molecule has 0 rings (SSSR count). The Morgan fingerprint density at radius 1 is 1.62 bits per heavy atom. The summed E-state index contributed by atoms with van der Waals surface area (Å²) in [5.74, 6) is 0.359. The predicted octanol–water partition coefficient (Wildman–Crippen LogP) is 1.36. The van der Waals surface area contributed by atoms with E-state index in [9.17, 15) is 0 Å². The van der Waals surface area contributed by atoms with E-state index in [0.29, 0.717) is 19.0 Å². The minimum absolute atomic E-state index is 0.142. The lowest BCUT2D eigenvalue weighted by Crippen LogP contribution is -2.22. The normalized spacial score (nSPS) is 12.8. The van der Waals surface area contributed by atoms with Gasteiger partial charge in [0.05, 0.1) is 18.8 Å². The van der Waals surface area contributed by atoms with Crippen LogP contribution in [0.15, 0.2) is 17.6 Å². The molecular formula is C9H18N2O2. The van der Waals surface area contributed by atoms with Crippen molar-refractivity contribution in [3.05, 3.63) is 12.7 Å². The third-order valence-corrected chi connectivity index (χ3v) is 1.22. The Hall–Kier alpha value is -0.870. The van der Waals surface area contributed by atoms with Crippen LogP contribution in [-0.2, 0) is 4.74 Å². The summed E-state index contributed by atoms with van der Waals surface area (Å²) in [4.78, 5) is 3.98. The zero-order valence-electron chi connectivity index (χ0n) is 8.50. The van der Waals surface area contributed by atoms with E-state index >= 15 is 0 Å². The molecule has 0 atom stereocenters. The van der Waals surface area contributed by atoms with E-state index in [2.05, 4.69) is 11.6 Å². The van der Waals surface area contributed by atoms with E-state index in [1.807, 2.05) is 26.3 Å². The summed E-state index contributed by atoms with van der Waals surface area (Å²) in [7, 11) is 0. The molecule has 0 saturated carbocycles. The van der Waals surface area contributed by atoms with Crippen molar-refractivity contribution in [1.29, 1.82) is 0 Å². The molecular weight excluding hydrogens is 168 g/mol. The minimum Gasteiger partial charge on any atom is -0.374 e. The smallest absolute Gasteiger partial charge is 0.144 e. The zero-order valence-corrected chi connectivity index (χ0v) is 8.50. The summed E-state index contributed by atoms with van der Waals surface area (Å²) < 4.78 is 5.42. The zero-order chi connectivity index (χ0) is 10.3. The molecule has 0 aliphatic heterocycles. The van der Waals surface area contributed by atoms with Gasteiger partial charge < -0.3 is 4.74 Å². The first kappa shape index (κ1) is 12.1. The van der Waals surface area contributed by atoms with Gasteiger partial charge in [0.25, 0.3) is 0 Å². The number of hydrogen-bond donors (Lipinski definition) is 2. The minimum atomic E-state index is -0.142. The monoisotopic (exact) mass is 186 g/mol. The van der Waals surface area contributed by atoms with Gasteiger partial charge in [0.1, 0.15) is 5.84 Å². The van der Waals surface area contributed by atoms with Gasteiger partial charge in [-0.05, 0) is 26.8 Å². The summed E-state index contributed by atoms with van der Waals surface area (Å²) >= 11 is 0. The van der Waals surface area contributed by atoms with Crippen molar-refractivity contribution in [2.75, 3.05) is 13.2 Å². The highest BCUT2D eigenvalue weighted by atomic mass is 16.5. The van der Waals surface area contributed by atoms with Gasteiger partial charge in [-0.25, -0.2) is 0 Å². The van der Waals surface area contributed by atoms with Crippen LogP contribution in [-0.4, -0.2) is 29.8 Å². The van der Waals surface area contributed by atoms with E-state index in [4.69, 9.17) is 9.94 Å². The highest BCUT2D eigenvalue weighted by Crippen LogP contribution is 2.05. The molecule has 0 unspecified atom stereocenters. The Morgan fingerprint density at radius 2 is 2.23 bits per heavy atom. The lowest BCUT2D eigenvalue weighted by Gasteiger charge is -2.18. The van der Waals surface area contributed by atoms with Gasteiger partial charge >= 0.3 is 0 Å². The third kappa shape index (κ3) is 7.49. The van der Waals surface area contributed by atoms with Gasteiger partial charge in [0.15, 0.2) is 0 Å². The van der Waals surface area contributed by atoms with Crippen LogP contribution in [0.3, 0.4) is 0 Å². The fraction of sp³-hybridized carbons (Fsp3) is 0.667. The van der Waals surface area contributed by atoms with Crippen LogP contribution in [0.4, 0.5) is 0 Å². The largest absolute Gasteiger partial charge is 0.374 e. The summed E-state index contributed by atoms with van der Waals surface area (Å²) in [5.41, 5.74) is 1.78. The van der Waals surface area contributed by atoms with Crippen LogP contribution in [0.5, 0.6) is 0 Å². The molecule has 0 aliphatic carbocycles. The Bertz CT molecular complexity index is 183. The number of rotatable bonds is 4. The lowest BCUT2D eigenvalue weighted by atomic mass is 10.2. The van der Waals surface area contributed by atoms with Gasteiger partial charge in [0.2, 0.25) is 0 Å². The molecule has 13 heavy (non-hydrogen) atoms. The van der Waals surface area contributed by atoms with E-state index in [0.717, 1.165) is 0 Å². The quantitative estimate of drug-likeness (QED) is 0.302. The molecule has 2 N–H and O–H groups in total. The molecule has 0 saturated heterocycles. The highest BCUT2D eigenvalue weighted by Gasteiger charge is 2.08. The maximum atomic E-state index is 8.49. The predicted molar refractivity (Wildman–Crippen MR) is 53.1 cm³/mol. The average Bonchev–Trinajstić information content (AvgIpc) is 2.03. The Balaban J connectivity index is 3.66. The van der Waals surface area contributed by atoms with Crippen LogP contribution in [0.2, 0.25) is 0 Å². The van der Waals surface area contributed by atoms with Crippen LogP contribution in [0.25, 0.3) is 0 Å². The van der Waals surface area contributed by atoms with E-state index in [1.165, 1.54) is 6.08 Å². The Morgan fingerprint density at radius 3 is 2.62 bits per heavy atom. The molecule has 4 nitrogen and oxygen atoms in total. The van der Waals surface area contributed by atoms with Crippen molar-refractivity contribution in [2.45, 2.75) is 26.4 Å². The number of nitrogens with zero attached hydrogens (tertiary/aromatic N) is 1. The number of hydrogen-bond acceptors (Lipinski definition) is 3. The molecule has 0 heterocycles. The Kier molecular flexibility index (Phi) is 5.34. The van der Waals surface area contributed by atoms with Crippen molar-refractivity contribution in [1.82, 2.24) is 5.48 Å². The molecule has 4 heteroatoms. The van der Waals surface area contributed by atoms with Crippen molar-refractivity contribution in [3.63, 3.8) is 0 Å². The lowest BCUT2D eigenvalue weighted by molar-refractivity contribution is 0.00207. The van der Waals surface area contributed by atoms with Gasteiger partial charge in [-0.15, -0.1) is 0 Å². The summed E-state index contributed by atoms with van der Waals surface area (Å²) in [6.45, 7) is 10.4. The molecule has 0 amide bonds. The molecule has 0 aromatic carbocycles. The first-order valence-corrected chi connectivity index (χ1v) is 4.20. The number of ether oxygens (including phenoxy) is 1. The second kappa shape index (κ2) is 5.72. The van der Waals surface area contributed by atoms with Crippen molar-refractivity contribution >= 4 is 5.84 Å². The van der Waals surface area contributed by atoms with E-state index < -0.39 is 0 Å². The average molecular weight is 186 g/mol. The van der Waals surface area contributed by atoms with Crippen LogP contribution in [0.1, 0.15) is 20.8 Å². The third-order valence-electron chi connectivity index (χ3n) is 1.22. The van der Waals surface area contributed by atoms with E-state index in [1.54, 1.807) is 0 Å². The van der Waals surface area contributed by atoms with Gasteiger partial charge in [-0.1, -0.05) is 6.58 Å². The Labute approximate surface area is 79.3 Å². The van der Waals surface area contributed by atoms with Crippen LogP contribution < -0.4 is 5.48 Å². The second-order valence-corrected chi connectivity index (χ2v) is 3.54. The van der Waals surface area contributed by atoms with Crippen molar-refractivity contribution in [3.8, 4) is 0 Å². The van der Waals surface area contributed by atoms with Crippen LogP contribution >= 0.6 is 0 Å². The summed E-state index contributed by atoms with van der Waals surface area (Å²) in [6.07, 6.45) is 1.44. The van der Waals surface area contributed by atoms with Gasteiger partial charge in [0, 0.05) is 0 Å². The molecule has 0 radical (unpaired) electrons. The maximum absolute atomic E-state index is 8.49. The fourth-order valence-corrected chi connectivity index (χ4v) is 0.663. The number of nitrogens with one attached hydrogen (secondary N) is 1. The maximum Gasteiger partial charge on any atom is 0.144 e. The number of hydroxylamine groups is 1. The molecule has 0 bridgehead atoms. The molecule has 0 fully saturated rings. The number of aliphatic imine (C=N–C) groups is 1. The molecule has 76 valence electrons. The molecule has 0 aromatic rings. The molecule has 0 aromatic heterocycles. The van der Waals surface area contributed by atoms with Crippen LogP contribution in [0, 0.1) is 0 Å². The fourth-order valence-electron chi connectivity index (χ4n) is 0.663. The SMILES string of the molecule is C=CC(=NCCOC(C)(C)C)NO.